The number of rotatable bonds is 4. The fourth-order valence-electron chi connectivity index (χ4n) is 3.17. The predicted molar refractivity (Wildman–Crippen MR) is 76.6 cm³/mol. The van der Waals surface area contributed by atoms with Crippen molar-refractivity contribution in [1.29, 1.82) is 0 Å². The molecule has 0 amide bonds. The van der Waals surface area contributed by atoms with Crippen LogP contribution in [0, 0.1) is 0 Å². The van der Waals surface area contributed by atoms with Crippen molar-refractivity contribution in [3.8, 4) is 0 Å². The summed E-state index contributed by atoms with van der Waals surface area (Å²) in [4.78, 5) is 2.21. The minimum absolute atomic E-state index is 0.106. The Morgan fingerprint density at radius 1 is 1.21 bits per heavy atom. The molecule has 0 spiro atoms. The van der Waals surface area contributed by atoms with Crippen molar-refractivity contribution >= 4 is 10.3 Å². The molecule has 0 aliphatic carbocycles. The molecule has 3 aliphatic heterocycles. The summed E-state index contributed by atoms with van der Waals surface area (Å²) in [6, 6.07) is 0. The van der Waals surface area contributed by atoms with Crippen molar-refractivity contribution in [1.82, 2.24) is 0 Å². The molecule has 3 rings (SSSR count). The molecule has 0 aromatic rings. The van der Waals surface area contributed by atoms with Crippen LogP contribution in [0.3, 0.4) is 0 Å². The molecule has 3 fully saturated rings. The summed E-state index contributed by atoms with van der Waals surface area (Å²) in [6.07, 6.45) is -1.69. The smallest absolute Gasteiger partial charge is 0.343 e. The Morgan fingerprint density at radius 2 is 1.92 bits per heavy atom. The van der Waals surface area contributed by atoms with E-state index in [0.717, 1.165) is 0 Å². The Kier molecular flexibility index (Phi) is 4.09. The van der Waals surface area contributed by atoms with Crippen LogP contribution in [0.25, 0.3) is 10.4 Å². The van der Waals surface area contributed by atoms with E-state index >= 15 is 0 Å². The number of ether oxygens (including phenoxy) is 5. The van der Waals surface area contributed by atoms with Crippen molar-refractivity contribution < 1.29 is 36.3 Å². The number of nitrogens with zero attached hydrogens (tertiary/aromatic N) is 3. The van der Waals surface area contributed by atoms with Gasteiger partial charge in [-0.2, -0.15) is 8.42 Å². The van der Waals surface area contributed by atoms with Gasteiger partial charge in [0.2, 0.25) is 5.79 Å². The highest BCUT2D eigenvalue weighted by Gasteiger charge is 2.65. The summed E-state index contributed by atoms with van der Waals surface area (Å²) in [5.74, 6) is -3.41. The predicted octanol–water partition coefficient (Wildman–Crippen LogP) is 0.956. The van der Waals surface area contributed by atoms with Gasteiger partial charge in [0.15, 0.2) is 11.6 Å². The third-order valence-electron chi connectivity index (χ3n) is 3.82. The summed E-state index contributed by atoms with van der Waals surface area (Å²) in [5.41, 5.74) is 8.26. The fraction of sp³-hybridized carbons (Fsp3) is 1.00. The van der Waals surface area contributed by atoms with Crippen molar-refractivity contribution in [3.05, 3.63) is 10.4 Å². The van der Waals surface area contributed by atoms with Crippen LogP contribution in [0.1, 0.15) is 27.7 Å². The third kappa shape index (κ3) is 3.24. The van der Waals surface area contributed by atoms with E-state index in [1.165, 1.54) is 0 Å². The van der Waals surface area contributed by atoms with Crippen LogP contribution in [0.2, 0.25) is 0 Å². The number of azide groups is 1. The van der Waals surface area contributed by atoms with E-state index in [1.807, 2.05) is 0 Å². The van der Waals surface area contributed by atoms with Crippen LogP contribution in [-0.2, 0) is 38.2 Å². The zero-order chi connectivity index (χ0) is 17.8. The average molecular weight is 365 g/mol. The third-order valence-corrected chi connectivity index (χ3v) is 4.51. The topological polar surface area (TPSA) is 138 Å². The summed E-state index contributed by atoms with van der Waals surface area (Å²) in [5, 5.41) is 0. The van der Waals surface area contributed by atoms with Gasteiger partial charge in [0, 0.05) is 4.91 Å². The van der Waals surface area contributed by atoms with E-state index in [0.29, 0.717) is 0 Å². The summed E-state index contributed by atoms with van der Waals surface area (Å²) in [6.45, 7) is 6.40. The largest absolute Gasteiger partial charge is 0.358 e. The molecule has 3 saturated heterocycles. The molecule has 0 saturated carbocycles. The monoisotopic (exact) mass is 365 g/mol. The van der Waals surface area contributed by atoms with Gasteiger partial charge in [0.25, 0.3) is 0 Å². The fourth-order valence-corrected chi connectivity index (χ4v) is 3.62. The first-order chi connectivity index (χ1) is 11.0. The lowest BCUT2D eigenvalue weighted by Crippen LogP contribution is -2.60. The molecule has 0 aromatic carbocycles. The molecule has 2 unspecified atom stereocenters. The molecule has 3 heterocycles. The van der Waals surface area contributed by atoms with E-state index < -0.39 is 46.5 Å². The maximum Gasteiger partial charge on any atom is 0.358 e. The lowest BCUT2D eigenvalue weighted by Gasteiger charge is -2.40. The second-order valence-electron chi connectivity index (χ2n) is 6.66. The van der Waals surface area contributed by atoms with Gasteiger partial charge in [-0.3, -0.25) is 4.18 Å². The minimum atomic E-state index is -4.44. The molecule has 0 radical (unpaired) electrons. The van der Waals surface area contributed by atoms with Crippen LogP contribution in [0.4, 0.5) is 0 Å². The molecule has 3 aliphatic rings. The molecule has 0 N–H and O–H groups in total. The van der Waals surface area contributed by atoms with E-state index in [9.17, 15) is 8.42 Å². The van der Waals surface area contributed by atoms with Crippen molar-refractivity contribution in [2.75, 3.05) is 13.2 Å². The van der Waals surface area contributed by atoms with Gasteiger partial charge in [-0.1, -0.05) is 0 Å². The Balaban J connectivity index is 1.86. The van der Waals surface area contributed by atoms with E-state index in [1.54, 1.807) is 27.7 Å². The van der Waals surface area contributed by atoms with Gasteiger partial charge in [-0.25, -0.2) is 0 Å². The van der Waals surface area contributed by atoms with Gasteiger partial charge >= 0.3 is 10.3 Å². The molecule has 0 aromatic heterocycles. The lowest BCUT2D eigenvalue weighted by molar-refractivity contribution is -0.290. The number of fused-ring (bicyclic) bond motifs is 3. The molecular weight excluding hydrogens is 346 g/mol. The van der Waals surface area contributed by atoms with E-state index in [4.69, 9.17) is 33.4 Å². The van der Waals surface area contributed by atoms with Crippen LogP contribution >= 0.6 is 0 Å². The Labute approximate surface area is 139 Å². The highest BCUT2D eigenvalue weighted by molar-refractivity contribution is 7.85. The Morgan fingerprint density at radius 3 is 2.58 bits per heavy atom. The van der Waals surface area contributed by atoms with E-state index in [2.05, 4.69) is 9.43 Å². The van der Waals surface area contributed by atoms with Crippen molar-refractivity contribution in [3.63, 3.8) is 0 Å². The quantitative estimate of drug-likeness (QED) is 0.408. The minimum Gasteiger partial charge on any atom is -0.343 e. The molecule has 12 heteroatoms. The van der Waals surface area contributed by atoms with Crippen LogP contribution in [0.15, 0.2) is 4.52 Å². The van der Waals surface area contributed by atoms with Crippen molar-refractivity contribution in [2.45, 2.75) is 63.4 Å². The second kappa shape index (κ2) is 5.51. The molecule has 11 nitrogen and oxygen atoms in total. The normalized spacial score (nSPS) is 39.8. The zero-order valence-electron chi connectivity index (χ0n) is 13.7. The summed E-state index contributed by atoms with van der Waals surface area (Å²) >= 11 is 0. The Hall–Kier alpha value is -0.980. The van der Waals surface area contributed by atoms with Crippen LogP contribution < -0.4 is 0 Å². The van der Waals surface area contributed by atoms with E-state index in [-0.39, 0.29) is 12.7 Å². The van der Waals surface area contributed by atoms with Crippen LogP contribution in [-0.4, -0.2) is 57.3 Å². The SMILES string of the molecule is CC1(C)OC2C3OC(C)(C)O[C@]3(COS(=O)(=O)N=[N+]=[N-])OC[C@H]2O1. The first kappa shape index (κ1) is 17.8. The van der Waals surface area contributed by atoms with Crippen molar-refractivity contribution in [2.24, 2.45) is 4.52 Å². The maximum absolute atomic E-state index is 11.5. The molecule has 136 valence electrons. The first-order valence-corrected chi connectivity index (χ1v) is 8.67. The first-order valence-electron chi connectivity index (χ1n) is 7.31. The van der Waals surface area contributed by atoms with Gasteiger partial charge < -0.3 is 23.7 Å². The molecule has 4 atom stereocenters. The second-order valence-corrected chi connectivity index (χ2v) is 7.92. The number of hydrogen-bond donors (Lipinski definition) is 0. The maximum atomic E-state index is 11.5. The summed E-state index contributed by atoms with van der Waals surface area (Å²) < 4.78 is 59.3. The molecule has 0 bridgehead atoms. The van der Waals surface area contributed by atoms with Gasteiger partial charge in [0.05, 0.1) is 11.1 Å². The zero-order valence-corrected chi connectivity index (χ0v) is 14.5. The molecular formula is C12H19N3O8S. The Bertz CT molecular complexity index is 674. The van der Waals surface area contributed by atoms with Crippen LogP contribution in [0.5, 0.6) is 0 Å². The summed E-state index contributed by atoms with van der Waals surface area (Å²) in [7, 11) is -4.44. The van der Waals surface area contributed by atoms with Gasteiger partial charge in [-0.05, 0) is 33.2 Å². The lowest BCUT2D eigenvalue weighted by atomic mass is 9.98. The van der Waals surface area contributed by atoms with Gasteiger partial charge in [0.1, 0.15) is 24.9 Å². The molecule has 24 heavy (non-hydrogen) atoms. The number of hydrogen-bond acceptors (Lipinski definition) is 8. The standard InChI is InChI=1S/C12H19N3O8S/c1-10(2)20-7-5-18-12(6-19-24(16,17)15-14-13)9(8(7)21-10)22-11(3,4)23-12/h7-9H,5-6H2,1-4H3/t7-,8?,9?,12+/m1/s1. The average Bonchev–Trinajstić information content (AvgIpc) is 2.88. The highest BCUT2D eigenvalue weighted by atomic mass is 32.2. The van der Waals surface area contributed by atoms with Gasteiger partial charge in [-0.15, -0.1) is 0 Å². The highest BCUT2D eigenvalue weighted by Crippen LogP contribution is 2.47.